The van der Waals surface area contributed by atoms with Crippen molar-refractivity contribution in [1.82, 2.24) is 10.2 Å². The van der Waals surface area contributed by atoms with Crippen LogP contribution in [0.15, 0.2) is 24.3 Å². The summed E-state index contributed by atoms with van der Waals surface area (Å²) in [6.45, 7) is 2.40. The summed E-state index contributed by atoms with van der Waals surface area (Å²) in [5.41, 5.74) is 1.97. The van der Waals surface area contributed by atoms with Crippen molar-refractivity contribution < 1.29 is 9.53 Å². The molecule has 1 fully saturated rings. The Bertz CT molecular complexity index is 414. The van der Waals surface area contributed by atoms with Gasteiger partial charge >= 0.3 is 0 Å². The van der Waals surface area contributed by atoms with Crippen LogP contribution in [0, 0.1) is 0 Å². The molecule has 1 aromatic rings. The van der Waals surface area contributed by atoms with Crippen LogP contribution in [0.5, 0.6) is 0 Å². The molecule has 1 aromatic carbocycles. The molecule has 0 radical (unpaired) electrons. The molecule has 2 rings (SSSR count). The second kappa shape index (κ2) is 8.25. The minimum Gasteiger partial charge on any atom is -0.381 e. The normalized spacial score (nSPS) is 15.8. The van der Waals surface area contributed by atoms with Gasteiger partial charge in [-0.3, -0.25) is 4.79 Å². The number of ether oxygens (including phenoxy) is 1. The van der Waals surface area contributed by atoms with Crippen LogP contribution in [0.3, 0.4) is 0 Å². The standard InChI is InChI=1S/C15H22N2O2.ClH/c1-16-11-12-3-5-13(6-4-12)15(18)17-9-7-14(19-2)8-10-17;/h3-6,14,16H,7-11H2,1-2H3;1H. The van der Waals surface area contributed by atoms with Crippen LogP contribution in [0.4, 0.5) is 0 Å². The molecule has 0 aromatic heterocycles. The average Bonchev–Trinajstić information content (AvgIpc) is 2.48. The molecule has 4 nitrogen and oxygen atoms in total. The molecule has 0 spiro atoms. The van der Waals surface area contributed by atoms with Gasteiger partial charge in [0, 0.05) is 32.3 Å². The van der Waals surface area contributed by atoms with Gasteiger partial charge in [-0.05, 0) is 37.6 Å². The number of likely N-dealkylation sites (tertiary alicyclic amines) is 1. The molecule has 0 saturated carbocycles. The zero-order chi connectivity index (χ0) is 13.7. The van der Waals surface area contributed by atoms with Gasteiger partial charge < -0.3 is 15.0 Å². The van der Waals surface area contributed by atoms with Crippen LogP contribution in [0.2, 0.25) is 0 Å². The quantitative estimate of drug-likeness (QED) is 0.925. The van der Waals surface area contributed by atoms with Crippen molar-refractivity contribution in [2.45, 2.75) is 25.5 Å². The summed E-state index contributed by atoms with van der Waals surface area (Å²) in [5, 5.41) is 3.10. The number of carbonyl (C=O) groups is 1. The van der Waals surface area contributed by atoms with Gasteiger partial charge in [0.05, 0.1) is 6.10 Å². The van der Waals surface area contributed by atoms with E-state index in [9.17, 15) is 4.79 Å². The van der Waals surface area contributed by atoms with Gasteiger partial charge in [-0.1, -0.05) is 12.1 Å². The third kappa shape index (κ3) is 4.20. The number of halogens is 1. The number of rotatable bonds is 4. The van der Waals surface area contributed by atoms with Crippen molar-refractivity contribution in [3.8, 4) is 0 Å². The summed E-state index contributed by atoms with van der Waals surface area (Å²) in [6.07, 6.45) is 2.17. The molecule has 20 heavy (non-hydrogen) atoms. The van der Waals surface area contributed by atoms with Crippen LogP contribution < -0.4 is 5.32 Å². The zero-order valence-electron chi connectivity index (χ0n) is 12.1. The van der Waals surface area contributed by atoms with Gasteiger partial charge in [-0.15, -0.1) is 12.4 Å². The Hall–Kier alpha value is -1.10. The topological polar surface area (TPSA) is 41.6 Å². The molecule has 1 aliphatic heterocycles. The molecule has 0 aliphatic carbocycles. The van der Waals surface area contributed by atoms with Crippen LogP contribution >= 0.6 is 12.4 Å². The number of benzene rings is 1. The van der Waals surface area contributed by atoms with Gasteiger partial charge in [-0.25, -0.2) is 0 Å². The molecular weight excluding hydrogens is 276 g/mol. The summed E-state index contributed by atoms with van der Waals surface area (Å²) >= 11 is 0. The van der Waals surface area contributed by atoms with Crippen molar-refractivity contribution >= 4 is 18.3 Å². The highest BCUT2D eigenvalue weighted by molar-refractivity contribution is 5.94. The van der Waals surface area contributed by atoms with E-state index in [0.717, 1.165) is 38.0 Å². The molecule has 1 aliphatic rings. The highest BCUT2D eigenvalue weighted by Gasteiger charge is 2.23. The first-order chi connectivity index (χ1) is 9.24. The lowest BCUT2D eigenvalue weighted by molar-refractivity contribution is 0.0351. The lowest BCUT2D eigenvalue weighted by Crippen LogP contribution is -2.40. The number of piperidine rings is 1. The third-order valence-electron chi connectivity index (χ3n) is 3.64. The van der Waals surface area contributed by atoms with Crippen molar-refractivity contribution in [1.29, 1.82) is 0 Å². The number of nitrogens with one attached hydrogen (secondary N) is 1. The van der Waals surface area contributed by atoms with Crippen LogP contribution in [-0.2, 0) is 11.3 Å². The summed E-state index contributed by atoms with van der Waals surface area (Å²) < 4.78 is 5.32. The molecule has 112 valence electrons. The minimum atomic E-state index is 0. The number of amides is 1. The fraction of sp³-hybridized carbons (Fsp3) is 0.533. The van der Waals surface area contributed by atoms with E-state index in [2.05, 4.69) is 5.32 Å². The Morgan fingerprint density at radius 3 is 2.40 bits per heavy atom. The predicted octanol–water partition coefficient (Wildman–Crippen LogP) is 2.08. The molecule has 0 atom stereocenters. The Labute approximate surface area is 126 Å². The molecule has 0 bridgehead atoms. The maximum Gasteiger partial charge on any atom is 0.253 e. The molecule has 1 amide bonds. The van der Waals surface area contributed by atoms with E-state index >= 15 is 0 Å². The van der Waals surface area contributed by atoms with Gasteiger partial charge in [0.1, 0.15) is 0 Å². The molecular formula is C15H23ClN2O2. The number of nitrogens with zero attached hydrogens (tertiary/aromatic N) is 1. The fourth-order valence-electron chi connectivity index (χ4n) is 2.45. The van der Waals surface area contributed by atoms with Crippen molar-refractivity contribution in [2.75, 3.05) is 27.2 Å². The van der Waals surface area contributed by atoms with Crippen LogP contribution in [0.1, 0.15) is 28.8 Å². The smallest absolute Gasteiger partial charge is 0.253 e. The Balaban J connectivity index is 0.00000200. The molecule has 1 N–H and O–H groups in total. The number of carbonyl (C=O) groups excluding carboxylic acids is 1. The molecule has 1 heterocycles. The van der Waals surface area contributed by atoms with E-state index < -0.39 is 0 Å². The number of hydrogen-bond acceptors (Lipinski definition) is 3. The van der Waals surface area contributed by atoms with E-state index in [1.165, 1.54) is 5.56 Å². The second-order valence-electron chi connectivity index (χ2n) is 4.95. The van der Waals surface area contributed by atoms with E-state index in [-0.39, 0.29) is 18.3 Å². The summed E-state index contributed by atoms with van der Waals surface area (Å²) in [7, 11) is 3.65. The minimum absolute atomic E-state index is 0. The highest BCUT2D eigenvalue weighted by atomic mass is 35.5. The van der Waals surface area contributed by atoms with Gasteiger partial charge in [0.15, 0.2) is 0 Å². The Morgan fingerprint density at radius 1 is 1.30 bits per heavy atom. The van der Waals surface area contributed by atoms with Crippen molar-refractivity contribution in [3.63, 3.8) is 0 Å². The fourth-order valence-corrected chi connectivity index (χ4v) is 2.45. The van der Waals surface area contributed by atoms with Crippen molar-refractivity contribution in [3.05, 3.63) is 35.4 Å². The first kappa shape index (κ1) is 17.0. The monoisotopic (exact) mass is 298 g/mol. The maximum absolute atomic E-state index is 12.3. The Morgan fingerprint density at radius 2 is 1.90 bits per heavy atom. The van der Waals surface area contributed by atoms with Gasteiger partial charge in [-0.2, -0.15) is 0 Å². The highest BCUT2D eigenvalue weighted by Crippen LogP contribution is 2.16. The summed E-state index contributed by atoms with van der Waals surface area (Å²) in [4.78, 5) is 14.3. The second-order valence-corrected chi connectivity index (χ2v) is 4.95. The lowest BCUT2D eigenvalue weighted by Gasteiger charge is -2.31. The average molecular weight is 299 g/mol. The summed E-state index contributed by atoms with van der Waals surface area (Å²) in [6, 6.07) is 7.84. The predicted molar refractivity (Wildman–Crippen MR) is 82.4 cm³/mol. The first-order valence-corrected chi connectivity index (χ1v) is 6.80. The Kier molecular flexibility index (Phi) is 6.99. The summed E-state index contributed by atoms with van der Waals surface area (Å²) in [5.74, 6) is 0.130. The van der Waals surface area contributed by atoms with Gasteiger partial charge in [0.25, 0.3) is 5.91 Å². The van der Waals surface area contributed by atoms with Gasteiger partial charge in [0.2, 0.25) is 0 Å². The zero-order valence-corrected chi connectivity index (χ0v) is 12.9. The van der Waals surface area contributed by atoms with Crippen molar-refractivity contribution in [2.24, 2.45) is 0 Å². The van der Waals surface area contributed by atoms with E-state index in [1.807, 2.05) is 36.2 Å². The molecule has 1 saturated heterocycles. The number of hydrogen-bond donors (Lipinski definition) is 1. The van der Waals surface area contributed by atoms with Crippen LogP contribution in [0.25, 0.3) is 0 Å². The van der Waals surface area contributed by atoms with Crippen LogP contribution in [-0.4, -0.2) is 44.2 Å². The van der Waals surface area contributed by atoms with E-state index in [4.69, 9.17) is 4.74 Å². The molecule has 0 unspecified atom stereocenters. The van der Waals surface area contributed by atoms with E-state index in [0.29, 0.717) is 6.10 Å². The lowest BCUT2D eigenvalue weighted by atomic mass is 10.1. The van der Waals surface area contributed by atoms with E-state index in [1.54, 1.807) is 7.11 Å². The maximum atomic E-state index is 12.3. The molecule has 5 heteroatoms. The largest absolute Gasteiger partial charge is 0.381 e. The number of methoxy groups -OCH3 is 1. The first-order valence-electron chi connectivity index (χ1n) is 6.80. The SMILES string of the molecule is CNCc1ccc(C(=O)N2CCC(OC)CC2)cc1.Cl. The third-order valence-corrected chi connectivity index (χ3v) is 3.64.